The quantitative estimate of drug-likeness (QED) is 0.0786. The predicted octanol–water partition coefficient (Wildman–Crippen LogP) is 18.0. The van der Waals surface area contributed by atoms with Crippen LogP contribution in [0.4, 0.5) is 171 Å². The maximum absolute atomic E-state index is 15.1. The summed E-state index contributed by atoms with van der Waals surface area (Å²) >= 11 is 0. The fourth-order valence-corrected chi connectivity index (χ4v) is 6.38. The highest BCUT2D eigenvalue weighted by atomic mass is 31.2. The molecule has 0 saturated heterocycles. The molecule has 0 N–H and O–H groups in total. The number of hydrogen-bond acceptors (Lipinski definition) is 3. The van der Waals surface area contributed by atoms with Crippen LogP contribution >= 0.6 is 8.60 Å². The Kier molecular flexibility index (Phi) is 16.8. The molecule has 0 amide bonds. The van der Waals surface area contributed by atoms with Crippen molar-refractivity contribution in [2.45, 2.75) is 107 Å². The van der Waals surface area contributed by atoms with Gasteiger partial charge in [0.15, 0.2) is 0 Å². The number of halogens is 39. The molecule has 3 aromatic carbocycles. The largest absolute Gasteiger partial charge is 0.530 e. The van der Waals surface area contributed by atoms with E-state index in [1.165, 1.54) is 0 Å². The van der Waals surface area contributed by atoms with E-state index in [2.05, 4.69) is 13.6 Å². The van der Waals surface area contributed by atoms with Crippen LogP contribution in [0.5, 0.6) is 17.2 Å². The topological polar surface area (TPSA) is 27.7 Å². The van der Waals surface area contributed by atoms with E-state index in [0.717, 1.165) is 0 Å². The Hall–Kier alpha value is -5.24. The van der Waals surface area contributed by atoms with Crippen LogP contribution in [0, 0.1) is 0 Å². The SMILES string of the molecule is FC(F)(F)C(F)(F)C(F)(F)C(F)(F)C(F)(F)C(F)(F)c1cccc(OP(Oc2cccc(C(F)(F)C(F)(F)C(F)(F)C(F)(F)C(F)(F)C(F)(F)F)c2)Oc2cccc(C(F)(F)C(F)(F)C(F)(F)C(F)(F)C(F)(F)C(F)(F)F)c2)c1. The summed E-state index contributed by atoms with van der Waals surface area (Å²) in [6.07, 6.45) is -23.9. The lowest BCUT2D eigenvalue weighted by atomic mass is 9.90. The molecule has 0 unspecified atom stereocenters. The molecule has 0 bridgehead atoms. The van der Waals surface area contributed by atoms with Crippen LogP contribution in [0.3, 0.4) is 0 Å². The number of alkyl halides is 39. The fraction of sp³-hybridized carbons (Fsp3) is 0.500. The van der Waals surface area contributed by atoms with Gasteiger partial charge in [-0.2, -0.15) is 171 Å². The van der Waals surface area contributed by atoms with Crippen molar-refractivity contribution in [2.24, 2.45) is 0 Å². The minimum atomic E-state index is -8.57. The summed E-state index contributed by atoms with van der Waals surface area (Å²) in [5.74, 6) is -129. The standard InChI is InChI=1S/C36H12F39O3P/c37-19(38,22(43,44)25(49,50)28(55,56)31(61,62)34(67,68)69)13-4-1-7-16(10-13)76-79(77-17-8-2-5-14(11-17)20(39,40)23(45,46)26(51,52)29(57,58)32(63,64)35(70,71)72)78-18-9-3-6-15(12-18)21(41,42)24(47,48)27(53,54)30(59,60)33(65,66)36(73,74)75/h1-12H. The predicted molar refractivity (Wildman–Crippen MR) is 177 cm³/mol. The number of hydrogen-bond donors (Lipinski definition) is 0. The highest BCUT2D eigenvalue weighted by molar-refractivity contribution is 7.43. The molecule has 3 rings (SSSR count). The van der Waals surface area contributed by atoms with Crippen LogP contribution in [0.15, 0.2) is 72.8 Å². The van der Waals surface area contributed by atoms with Gasteiger partial charge in [0.1, 0.15) is 17.2 Å². The lowest BCUT2D eigenvalue weighted by Gasteiger charge is -2.39. The third kappa shape index (κ3) is 10.1. The third-order valence-electron chi connectivity index (χ3n) is 9.93. The van der Waals surface area contributed by atoms with Gasteiger partial charge >= 0.3 is 116 Å². The van der Waals surface area contributed by atoms with Gasteiger partial charge in [-0.15, -0.1) is 0 Å². The Balaban J connectivity index is 2.32. The van der Waals surface area contributed by atoms with E-state index in [1.807, 2.05) is 0 Å². The second-order valence-corrected chi connectivity index (χ2v) is 16.2. The zero-order chi connectivity index (χ0) is 62.6. The molecule has 0 aliphatic heterocycles. The molecule has 0 aliphatic carbocycles. The normalized spacial score (nSPS) is 15.6. The summed E-state index contributed by atoms with van der Waals surface area (Å²) in [6, 6.07) is -6.38. The molecule has 452 valence electrons. The van der Waals surface area contributed by atoms with Crippen molar-refractivity contribution in [2.75, 3.05) is 0 Å². The van der Waals surface area contributed by atoms with Crippen molar-refractivity contribution in [3.8, 4) is 17.2 Å². The second kappa shape index (κ2) is 19.5. The van der Waals surface area contributed by atoms with Gasteiger partial charge in [0.25, 0.3) is 0 Å². The van der Waals surface area contributed by atoms with Crippen molar-refractivity contribution < 1.29 is 185 Å². The van der Waals surface area contributed by atoms with E-state index in [4.69, 9.17) is 0 Å². The summed E-state index contributed by atoms with van der Waals surface area (Å²) in [5, 5.41) is 0. The molecule has 0 fully saturated rings. The van der Waals surface area contributed by atoms with E-state index in [-0.39, 0.29) is 36.4 Å². The lowest BCUT2D eigenvalue weighted by molar-refractivity contribution is -0.441. The smallest absolute Gasteiger partial charge is 0.408 e. The summed E-state index contributed by atoms with van der Waals surface area (Å²) in [6.45, 7) is 0. The van der Waals surface area contributed by atoms with E-state index < -0.39 is 186 Å². The van der Waals surface area contributed by atoms with Gasteiger partial charge < -0.3 is 13.6 Å². The molecule has 0 radical (unpaired) electrons. The van der Waals surface area contributed by atoms with Crippen LogP contribution in [0.2, 0.25) is 0 Å². The monoisotopic (exact) mass is 1260 g/mol. The van der Waals surface area contributed by atoms with Gasteiger partial charge in [-0.1, -0.05) is 36.4 Å². The molecular formula is C36H12F39O3P. The van der Waals surface area contributed by atoms with Crippen LogP contribution in [0.1, 0.15) is 16.7 Å². The van der Waals surface area contributed by atoms with E-state index in [9.17, 15) is 145 Å². The van der Waals surface area contributed by atoms with Crippen molar-refractivity contribution >= 4 is 8.60 Å². The molecule has 0 atom stereocenters. The van der Waals surface area contributed by atoms with Crippen LogP contribution in [0.25, 0.3) is 0 Å². The van der Waals surface area contributed by atoms with Crippen molar-refractivity contribution in [3.63, 3.8) is 0 Å². The number of benzene rings is 3. The van der Waals surface area contributed by atoms with E-state index >= 15 is 26.3 Å². The van der Waals surface area contributed by atoms with Gasteiger partial charge in [-0.25, -0.2) is 0 Å². The van der Waals surface area contributed by atoms with Gasteiger partial charge in [0, 0.05) is 16.7 Å². The van der Waals surface area contributed by atoms with Gasteiger partial charge in [-0.05, 0) is 36.4 Å². The molecule has 0 spiro atoms. The average molecular weight is 1260 g/mol. The van der Waals surface area contributed by atoms with E-state index in [0.29, 0.717) is 0 Å². The molecule has 3 aromatic rings. The molecule has 0 aromatic heterocycles. The summed E-state index contributed by atoms with van der Waals surface area (Å²) in [5.41, 5.74) is -9.23. The molecule has 0 saturated carbocycles. The lowest BCUT2D eigenvalue weighted by Crippen LogP contribution is -2.69. The van der Waals surface area contributed by atoms with Crippen LogP contribution < -0.4 is 13.6 Å². The first-order valence-electron chi connectivity index (χ1n) is 18.5. The van der Waals surface area contributed by atoms with Crippen LogP contribution in [-0.4, -0.2) is 89.6 Å². The first-order valence-corrected chi connectivity index (χ1v) is 19.6. The molecule has 0 aliphatic rings. The van der Waals surface area contributed by atoms with Crippen molar-refractivity contribution in [3.05, 3.63) is 89.5 Å². The molecular weight excluding hydrogens is 1250 g/mol. The maximum atomic E-state index is 15.1. The molecule has 3 nitrogen and oxygen atoms in total. The molecule has 43 heteroatoms. The Bertz CT molecular complexity index is 2360. The summed E-state index contributed by atoms with van der Waals surface area (Å²) in [7, 11) is -4.80. The fourth-order valence-electron chi connectivity index (χ4n) is 5.41. The maximum Gasteiger partial charge on any atom is 0.530 e. The first-order chi connectivity index (χ1) is 34.5. The van der Waals surface area contributed by atoms with Gasteiger partial charge in [0.2, 0.25) is 0 Å². The Morgan fingerprint density at radius 3 is 0.544 bits per heavy atom. The summed E-state index contributed by atoms with van der Waals surface area (Å²) in [4.78, 5) is 0. The highest BCUT2D eigenvalue weighted by Crippen LogP contribution is 2.66. The van der Waals surface area contributed by atoms with E-state index in [1.54, 1.807) is 0 Å². The summed E-state index contributed by atoms with van der Waals surface area (Å²) < 4.78 is 553. The minimum absolute atomic E-state index is 0.140. The third-order valence-corrected chi connectivity index (χ3v) is 11.0. The highest BCUT2D eigenvalue weighted by Gasteiger charge is 2.93. The average Bonchev–Trinajstić information content (AvgIpc) is 3.27. The van der Waals surface area contributed by atoms with Crippen LogP contribution in [-0.2, 0) is 17.8 Å². The minimum Gasteiger partial charge on any atom is -0.408 e. The van der Waals surface area contributed by atoms with Crippen molar-refractivity contribution in [1.82, 2.24) is 0 Å². The second-order valence-electron chi connectivity index (χ2n) is 15.2. The van der Waals surface area contributed by atoms with Crippen molar-refractivity contribution in [1.29, 1.82) is 0 Å². The Morgan fingerprint density at radius 2 is 0.380 bits per heavy atom. The number of rotatable bonds is 21. The molecule has 0 heterocycles. The Labute approximate surface area is 408 Å². The molecule has 79 heavy (non-hydrogen) atoms. The van der Waals surface area contributed by atoms with Gasteiger partial charge in [-0.3, -0.25) is 0 Å². The van der Waals surface area contributed by atoms with Gasteiger partial charge in [0.05, 0.1) is 0 Å². The Morgan fingerprint density at radius 1 is 0.215 bits per heavy atom. The zero-order valence-corrected chi connectivity index (χ0v) is 36.2. The zero-order valence-electron chi connectivity index (χ0n) is 35.3. The first kappa shape index (κ1) is 68.0.